The van der Waals surface area contributed by atoms with Gasteiger partial charge >= 0.3 is 11.9 Å². The predicted molar refractivity (Wildman–Crippen MR) is 50.1 cm³/mol. The predicted octanol–water partition coefficient (Wildman–Crippen LogP) is -1.23. The summed E-state index contributed by atoms with van der Waals surface area (Å²) in [5, 5.41) is 17.6. The molecule has 1 heterocycles. The van der Waals surface area contributed by atoms with E-state index in [1.807, 2.05) is 0 Å². The highest BCUT2D eigenvalue weighted by Crippen LogP contribution is 2.05. The maximum Gasteiger partial charge on any atom is 0.414 e. The van der Waals surface area contributed by atoms with Crippen molar-refractivity contribution in [3.63, 3.8) is 0 Å². The first-order valence-electron chi connectivity index (χ1n) is 4.43. The Morgan fingerprint density at radius 3 is 2.20 bits per heavy atom. The van der Waals surface area contributed by atoms with Crippen LogP contribution in [0.4, 0.5) is 0 Å². The Bertz CT molecular complexity index is 241. The molecule has 0 radical (unpaired) electrons. The first-order chi connectivity index (χ1) is 6.97. The number of aliphatic carboxylic acids is 2. The number of carboxylic acid groups (broad SMARTS) is 2. The summed E-state index contributed by atoms with van der Waals surface area (Å²) in [4.78, 5) is 28.9. The van der Waals surface area contributed by atoms with Crippen molar-refractivity contribution >= 4 is 17.8 Å². The number of rotatable bonds is 1. The molecule has 1 unspecified atom stereocenters. The Hall–Kier alpha value is -1.63. The van der Waals surface area contributed by atoms with Crippen molar-refractivity contribution in [3.05, 3.63) is 0 Å². The highest BCUT2D eigenvalue weighted by Gasteiger charge is 2.15. The zero-order chi connectivity index (χ0) is 11.8. The summed E-state index contributed by atoms with van der Waals surface area (Å²) in [5.41, 5.74) is 5.35. The molecule has 1 atom stereocenters. The molecule has 86 valence electrons. The lowest BCUT2D eigenvalue weighted by molar-refractivity contribution is -0.159. The van der Waals surface area contributed by atoms with Crippen molar-refractivity contribution in [1.82, 2.24) is 5.32 Å². The largest absolute Gasteiger partial charge is 0.473 e. The van der Waals surface area contributed by atoms with Crippen molar-refractivity contribution in [2.75, 3.05) is 6.54 Å². The molecule has 1 aliphatic heterocycles. The Morgan fingerprint density at radius 1 is 1.40 bits per heavy atom. The van der Waals surface area contributed by atoms with Crippen LogP contribution in [0.3, 0.4) is 0 Å². The zero-order valence-corrected chi connectivity index (χ0v) is 8.10. The zero-order valence-electron chi connectivity index (χ0n) is 8.10. The van der Waals surface area contributed by atoms with Crippen LogP contribution in [0.5, 0.6) is 0 Å². The summed E-state index contributed by atoms with van der Waals surface area (Å²) >= 11 is 0. The Morgan fingerprint density at radius 2 is 1.93 bits per heavy atom. The second kappa shape index (κ2) is 6.77. The molecular formula is C8H14N2O5. The molecule has 1 fully saturated rings. The number of carbonyl (C=O) groups is 3. The number of hydrogen-bond acceptors (Lipinski definition) is 4. The molecule has 0 aromatic carbocycles. The van der Waals surface area contributed by atoms with Crippen LogP contribution in [0.15, 0.2) is 0 Å². The van der Waals surface area contributed by atoms with Crippen LogP contribution in [-0.4, -0.2) is 40.6 Å². The van der Waals surface area contributed by atoms with Crippen LogP contribution in [0.2, 0.25) is 0 Å². The molecule has 1 aliphatic rings. The SMILES string of the molecule is NCC1CCCC(=O)N1.O=C(O)C(=O)O. The van der Waals surface area contributed by atoms with Crippen LogP contribution < -0.4 is 11.1 Å². The maximum absolute atomic E-state index is 10.7. The second-order valence-electron chi connectivity index (χ2n) is 3.00. The van der Waals surface area contributed by atoms with E-state index in [0.29, 0.717) is 13.0 Å². The number of carbonyl (C=O) groups excluding carboxylic acids is 1. The summed E-state index contributed by atoms with van der Waals surface area (Å²) in [7, 11) is 0. The summed E-state index contributed by atoms with van der Waals surface area (Å²) in [5.74, 6) is -3.50. The molecule has 15 heavy (non-hydrogen) atoms. The van der Waals surface area contributed by atoms with E-state index >= 15 is 0 Å². The van der Waals surface area contributed by atoms with E-state index in [4.69, 9.17) is 25.5 Å². The molecular weight excluding hydrogens is 204 g/mol. The lowest BCUT2D eigenvalue weighted by Crippen LogP contribution is -2.43. The molecule has 0 aliphatic carbocycles. The van der Waals surface area contributed by atoms with E-state index in [-0.39, 0.29) is 11.9 Å². The first-order valence-corrected chi connectivity index (χ1v) is 4.43. The van der Waals surface area contributed by atoms with Crippen LogP contribution in [0, 0.1) is 0 Å². The minimum atomic E-state index is -1.82. The smallest absolute Gasteiger partial charge is 0.414 e. The van der Waals surface area contributed by atoms with Gasteiger partial charge in [0.15, 0.2) is 0 Å². The molecule has 1 saturated heterocycles. The number of piperidine rings is 1. The minimum Gasteiger partial charge on any atom is -0.473 e. The average Bonchev–Trinajstić information content (AvgIpc) is 2.18. The molecule has 5 N–H and O–H groups in total. The maximum atomic E-state index is 10.7. The Balaban J connectivity index is 0.000000288. The van der Waals surface area contributed by atoms with Gasteiger partial charge in [-0.3, -0.25) is 4.79 Å². The molecule has 0 aromatic rings. The van der Waals surface area contributed by atoms with Crippen molar-refractivity contribution in [3.8, 4) is 0 Å². The number of amides is 1. The van der Waals surface area contributed by atoms with E-state index in [9.17, 15) is 4.79 Å². The Labute approximate surface area is 86.3 Å². The second-order valence-corrected chi connectivity index (χ2v) is 3.00. The minimum absolute atomic E-state index is 0.150. The topological polar surface area (TPSA) is 130 Å². The molecule has 7 nitrogen and oxygen atoms in total. The van der Waals surface area contributed by atoms with Gasteiger partial charge in [0.1, 0.15) is 0 Å². The van der Waals surface area contributed by atoms with Gasteiger partial charge in [-0.15, -0.1) is 0 Å². The third kappa shape index (κ3) is 6.44. The summed E-state index contributed by atoms with van der Waals surface area (Å²) in [6.45, 7) is 0.575. The molecule has 0 spiro atoms. The lowest BCUT2D eigenvalue weighted by Gasteiger charge is -2.20. The van der Waals surface area contributed by atoms with E-state index in [1.165, 1.54) is 0 Å². The van der Waals surface area contributed by atoms with Gasteiger partial charge in [0.2, 0.25) is 5.91 Å². The van der Waals surface area contributed by atoms with Gasteiger partial charge in [-0.25, -0.2) is 9.59 Å². The van der Waals surface area contributed by atoms with Gasteiger partial charge in [0.05, 0.1) is 0 Å². The van der Waals surface area contributed by atoms with Gasteiger partial charge in [0, 0.05) is 19.0 Å². The van der Waals surface area contributed by atoms with Gasteiger partial charge in [-0.05, 0) is 12.8 Å². The highest BCUT2D eigenvalue weighted by atomic mass is 16.4. The lowest BCUT2D eigenvalue weighted by atomic mass is 10.1. The average molecular weight is 218 g/mol. The third-order valence-corrected chi connectivity index (χ3v) is 1.79. The van der Waals surface area contributed by atoms with Crippen molar-refractivity contribution in [1.29, 1.82) is 0 Å². The fourth-order valence-corrected chi connectivity index (χ4v) is 1.06. The van der Waals surface area contributed by atoms with E-state index in [2.05, 4.69) is 5.32 Å². The summed E-state index contributed by atoms with van der Waals surface area (Å²) in [6, 6.07) is 0.242. The quantitative estimate of drug-likeness (QED) is 0.408. The molecule has 0 bridgehead atoms. The highest BCUT2D eigenvalue weighted by molar-refractivity contribution is 6.27. The van der Waals surface area contributed by atoms with Crippen molar-refractivity contribution in [2.24, 2.45) is 5.73 Å². The van der Waals surface area contributed by atoms with Gasteiger partial charge < -0.3 is 21.3 Å². The van der Waals surface area contributed by atoms with Gasteiger partial charge in [-0.1, -0.05) is 0 Å². The van der Waals surface area contributed by atoms with E-state index < -0.39 is 11.9 Å². The standard InChI is InChI=1S/C6H12N2O.C2H2O4/c7-4-5-2-1-3-6(9)8-5;3-1(4)2(5)6/h5H,1-4,7H2,(H,8,9);(H,3,4)(H,5,6). The van der Waals surface area contributed by atoms with E-state index in [0.717, 1.165) is 12.8 Å². The fraction of sp³-hybridized carbons (Fsp3) is 0.625. The normalized spacial score (nSPS) is 19.5. The number of nitrogens with two attached hydrogens (primary N) is 1. The van der Waals surface area contributed by atoms with Crippen LogP contribution in [-0.2, 0) is 14.4 Å². The van der Waals surface area contributed by atoms with Gasteiger partial charge in [-0.2, -0.15) is 0 Å². The van der Waals surface area contributed by atoms with Crippen molar-refractivity contribution < 1.29 is 24.6 Å². The van der Waals surface area contributed by atoms with Crippen LogP contribution in [0.1, 0.15) is 19.3 Å². The van der Waals surface area contributed by atoms with Crippen LogP contribution >= 0.6 is 0 Å². The summed E-state index contributed by atoms with van der Waals surface area (Å²) < 4.78 is 0. The number of nitrogens with one attached hydrogen (secondary N) is 1. The molecule has 1 rings (SSSR count). The summed E-state index contributed by atoms with van der Waals surface area (Å²) in [6.07, 6.45) is 2.71. The first kappa shape index (κ1) is 13.4. The monoisotopic (exact) mass is 218 g/mol. The van der Waals surface area contributed by atoms with Crippen LogP contribution in [0.25, 0.3) is 0 Å². The van der Waals surface area contributed by atoms with Crippen molar-refractivity contribution in [2.45, 2.75) is 25.3 Å². The molecule has 0 aromatic heterocycles. The fourth-order valence-electron chi connectivity index (χ4n) is 1.06. The number of hydrogen-bond donors (Lipinski definition) is 4. The molecule has 7 heteroatoms. The van der Waals surface area contributed by atoms with E-state index in [1.54, 1.807) is 0 Å². The molecule has 1 amide bonds. The van der Waals surface area contributed by atoms with Gasteiger partial charge in [0.25, 0.3) is 0 Å². The third-order valence-electron chi connectivity index (χ3n) is 1.79. The number of carboxylic acids is 2. The Kier molecular flexibility index (Phi) is 6.03. The molecule has 0 saturated carbocycles.